The average Bonchev–Trinajstić information content (AvgIpc) is 2.64. The molecule has 0 aliphatic carbocycles. The number of nitrogens with one attached hydrogen (secondary N) is 2. The molecule has 0 radical (unpaired) electrons. The van der Waals surface area contributed by atoms with Crippen molar-refractivity contribution in [2.75, 3.05) is 52.7 Å². The molecule has 26 heavy (non-hydrogen) atoms. The number of rotatable bonds is 14. The van der Waals surface area contributed by atoms with Crippen molar-refractivity contribution in [3.8, 4) is 5.75 Å². The molecule has 6 nitrogen and oxygen atoms in total. The number of ether oxygens (including phenoxy) is 3. The van der Waals surface area contributed by atoms with Gasteiger partial charge in [0.15, 0.2) is 5.96 Å². The maximum Gasteiger partial charge on any atom is 0.191 e. The van der Waals surface area contributed by atoms with E-state index in [1.54, 1.807) is 0 Å². The summed E-state index contributed by atoms with van der Waals surface area (Å²) in [6, 6.07) is 9.79. The fraction of sp³-hybridized carbons (Fsp3) is 0.632. The molecule has 7 heteroatoms. The molecule has 0 spiro atoms. The Morgan fingerprint density at radius 1 is 0.923 bits per heavy atom. The number of unbranched alkanes of at least 4 members (excludes halogenated alkanes) is 1. The van der Waals surface area contributed by atoms with Crippen LogP contribution >= 0.6 is 24.0 Å². The Morgan fingerprint density at radius 2 is 1.65 bits per heavy atom. The van der Waals surface area contributed by atoms with Crippen LogP contribution < -0.4 is 15.4 Å². The number of para-hydroxylation sites is 1. The van der Waals surface area contributed by atoms with E-state index in [1.165, 1.54) is 0 Å². The van der Waals surface area contributed by atoms with E-state index in [0.29, 0.717) is 39.5 Å². The first-order chi connectivity index (χ1) is 12.4. The highest BCUT2D eigenvalue weighted by atomic mass is 127. The van der Waals surface area contributed by atoms with Gasteiger partial charge in [0.1, 0.15) is 12.4 Å². The molecule has 0 fully saturated rings. The molecule has 0 aromatic heterocycles. The first-order valence-corrected chi connectivity index (χ1v) is 9.22. The third-order valence-corrected chi connectivity index (χ3v) is 3.27. The molecule has 0 heterocycles. The van der Waals surface area contributed by atoms with Gasteiger partial charge in [0.05, 0.1) is 32.9 Å². The molecule has 1 rings (SSSR count). The molecule has 1 aromatic rings. The summed E-state index contributed by atoms with van der Waals surface area (Å²) in [5, 5.41) is 6.46. The van der Waals surface area contributed by atoms with Crippen LogP contribution in [0.4, 0.5) is 0 Å². The fourth-order valence-electron chi connectivity index (χ4n) is 1.99. The lowest BCUT2D eigenvalue weighted by molar-refractivity contribution is 0.0497. The van der Waals surface area contributed by atoms with Crippen LogP contribution in [0.1, 0.15) is 26.7 Å². The predicted molar refractivity (Wildman–Crippen MR) is 118 cm³/mol. The molecule has 0 aliphatic heterocycles. The summed E-state index contributed by atoms with van der Waals surface area (Å²) in [5.74, 6) is 1.66. The molecule has 2 N–H and O–H groups in total. The van der Waals surface area contributed by atoms with E-state index < -0.39 is 0 Å². The highest BCUT2D eigenvalue weighted by molar-refractivity contribution is 14.0. The number of benzene rings is 1. The minimum absolute atomic E-state index is 0. The first kappa shape index (κ1) is 24.9. The monoisotopic (exact) mass is 479 g/mol. The van der Waals surface area contributed by atoms with Crippen LogP contribution in [0.25, 0.3) is 0 Å². The van der Waals surface area contributed by atoms with Crippen LogP contribution in [0.15, 0.2) is 35.3 Å². The minimum Gasteiger partial charge on any atom is -0.492 e. The van der Waals surface area contributed by atoms with Gasteiger partial charge < -0.3 is 24.8 Å². The van der Waals surface area contributed by atoms with Crippen LogP contribution in [0.5, 0.6) is 5.75 Å². The normalized spacial score (nSPS) is 10.9. The molecule has 150 valence electrons. The lowest BCUT2D eigenvalue weighted by Crippen LogP contribution is -2.39. The Hall–Kier alpha value is -1.06. The number of guanidine groups is 1. The van der Waals surface area contributed by atoms with Crippen LogP contribution in [0.2, 0.25) is 0 Å². The number of nitrogens with zero attached hydrogens (tertiary/aromatic N) is 1. The van der Waals surface area contributed by atoms with Crippen LogP contribution in [-0.4, -0.2) is 58.6 Å². The van der Waals surface area contributed by atoms with Crippen LogP contribution in [0, 0.1) is 0 Å². The highest BCUT2D eigenvalue weighted by Gasteiger charge is 1.97. The van der Waals surface area contributed by atoms with E-state index in [9.17, 15) is 0 Å². The van der Waals surface area contributed by atoms with E-state index in [1.807, 2.05) is 37.3 Å². The SMILES string of the molecule is CCCCOCCOCCN=C(NCC)NCCOc1ccccc1.I. The number of aliphatic imine (C=N–C) groups is 1. The van der Waals surface area contributed by atoms with Gasteiger partial charge in [-0.05, 0) is 25.5 Å². The van der Waals surface area contributed by atoms with Crippen molar-refractivity contribution >= 4 is 29.9 Å². The topological polar surface area (TPSA) is 64.1 Å². The lowest BCUT2D eigenvalue weighted by atomic mass is 10.3. The van der Waals surface area contributed by atoms with Crippen molar-refractivity contribution in [1.82, 2.24) is 10.6 Å². The summed E-state index contributed by atoms with van der Waals surface area (Å²) in [5.41, 5.74) is 0. The summed E-state index contributed by atoms with van der Waals surface area (Å²) in [6.07, 6.45) is 2.27. The van der Waals surface area contributed by atoms with Crippen molar-refractivity contribution in [2.24, 2.45) is 4.99 Å². The Balaban J connectivity index is 0.00000625. The third-order valence-electron chi connectivity index (χ3n) is 3.27. The number of hydrogen-bond acceptors (Lipinski definition) is 4. The Morgan fingerprint density at radius 3 is 2.35 bits per heavy atom. The van der Waals surface area contributed by atoms with Crippen molar-refractivity contribution in [2.45, 2.75) is 26.7 Å². The van der Waals surface area contributed by atoms with E-state index >= 15 is 0 Å². The van der Waals surface area contributed by atoms with Gasteiger partial charge in [-0.15, -0.1) is 24.0 Å². The number of halogens is 1. The average molecular weight is 479 g/mol. The first-order valence-electron chi connectivity index (χ1n) is 9.22. The molecule has 0 atom stereocenters. The van der Waals surface area contributed by atoms with Gasteiger partial charge in [-0.2, -0.15) is 0 Å². The van der Waals surface area contributed by atoms with E-state index in [-0.39, 0.29) is 24.0 Å². The Labute approximate surface area is 175 Å². The summed E-state index contributed by atoms with van der Waals surface area (Å²) >= 11 is 0. The number of hydrogen-bond donors (Lipinski definition) is 2. The van der Waals surface area contributed by atoms with Crippen LogP contribution in [0.3, 0.4) is 0 Å². The molecule has 0 bridgehead atoms. The zero-order valence-electron chi connectivity index (χ0n) is 16.0. The van der Waals surface area contributed by atoms with Gasteiger partial charge in [0.25, 0.3) is 0 Å². The van der Waals surface area contributed by atoms with Crippen molar-refractivity contribution in [1.29, 1.82) is 0 Å². The summed E-state index contributed by atoms with van der Waals surface area (Å²) in [6.45, 7) is 9.58. The predicted octanol–water partition coefficient (Wildman–Crippen LogP) is 3.07. The van der Waals surface area contributed by atoms with Gasteiger partial charge >= 0.3 is 0 Å². The van der Waals surface area contributed by atoms with E-state index in [2.05, 4.69) is 22.5 Å². The smallest absolute Gasteiger partial charge is 0.191 e. The van der Waals surface area contributed by atoms with E-state index in [4.69, 9.17) is 14.2 Å². The molecular formula is C19H34IN3O3. The van der Waals surface area contributed by atoms with Gasteiger partial charge in [-0.25, -0.2) is 0 Å². The quantitative estimate of drug-likeness (QED) is 0.186. The van der Waals surface area contributed by atoms with E-state index in [0.717, 1.165) is 37.7 Å². The van der Waals surface area contributed by atoms with Crippen molar-refractivity contribution in [3.63, 3.8) is 0 Å². The maximum atomic E-state index is 5.65. The zero-order chi connectivity index (χ0) is 18.0. The van der Waals surface area contributed by atoms with Gasteiger partial charge in [0.2, 0.25) is 0 Å². The Kier molecular flexibility index (Phi) is 18.0. The van der Waals surface area contributed by atoms with Gasteiger partial charge in [-0.3, -0.25) is 4.99 Å². The second kappa shape index (κ2) is 18.7. The van der Waals surface area contributed by atoms with Crippen molar-refractivity contribution < 1.29 is 14.2 Å². The highest BCUT2D eigenvalue weighted by Crippen LogP contribution is 2.07. The molecule has 0 aliphatic rings. The fourth-order valence-corrected chi connectivity index (χ4v) is 1.99. The van der Waals surface area contributed by atoms with Crippen molar-refractivity contribution in [3.05, 3.63) is 30.3 Å². The second-order valence-electron chi connectivity index (χ2n) is 5.43. The van der Waals surface area contributed by atoms with Crippen LogP contribution in [-0.2, 0) is 9.47 Å². The molecule has 0 saturated carbocycles. The standard InChI is InChI=1S/C19H33N3O3.HI/c1-3-5-13-23-16-17-24-14-11-21-19(20-4-2)22-12-15-25-18-9-7-6-8-10-18;/h6-10H,3-5,11-17H2,1-2H3,(H2,20,21,22);1H. The third kappa shape index (κ3) is 14.1. The molecular weight excluding hydrogens is 445 g/mol. The largest absolute Gasteiger partial charge is 0.492 e. The summed E-state index contributed by atoms with van der Waals surface area (Å²) in [4.78, 5) is 4.48. The Bertz CT molecular complexity index is 447. The molecule has 0 unspecified atom stereocenters. The lowest BCUT2D eigenvalue weighted by Gasteiger charge is -2.12. The summed E-state index contributed by atoms with van der Waals surface area (Å²) < 4.78 is 16.6. The minimum atomic E-state index is 0. The second-order valence-corrected chi connectivity index (χ2v) is 5.43. The summed E-state index contributed by atoms with van der Waals surface area (Å²) in [7, 11) is 0. The zero-order valence-corrected chi connectivity index (χ0v) is 18.4. The molecule has 0 saturated heterocycles. The maximum absolute atomic E-state index is 5.65. The molecule has 1 aromatic carbocycles. The van der Waals surface area contributed by atoms with Gasteiger partial charge in [0, 0.05) is 13.2 Å². The molecule has 0 amide bonds. The van der Waals surface area contributed by atoms with Gasteiger partial charge in [-0.1, -0.05) is 31.5 Å².